The SMILES string of the molecule is C=C(N)c1cc(NCCC2CCNCC2)c(C=N)c(-c2n[nH]c(-c3cc(C)nn3CC)n2)c1. The van der Waals surface area contributed by atoms with Crippen LogP contribution in [0.15, 0.2) is 24.8 Å². The van der Waals surface area contributed by atoms with Gasteiger partial charge in [0, 0.05) is 41.8 Å². The number of nitrogens with two attached hydrogens (primary N) is 1. The van der Waals surface area contributed by atoms with E-state index in [0.717, 1.165) is 72.3 Å². The molecule has 3 aromatic rings. The summed E-state index contributed by atoms with van der Waals surface area (Å²) in [7, 11) is 0. The summed E-state index contributed by atoms with van der Waals surface area (Å²) in [6, 6.07) is 5.84. The van der Waals surface area contributed by atoms with E-state index in [1.807, 2.05) is 36.7 Å². The Morgan fingerprint density at radius 3 is 2.82 bits per heavy atom. The molecule has 0 unspecified atom stereocenters. The van der Waals surface area contributed by atoms with Crippen LogP contribution in [-0.4, -0.2) is 50.8 Å². The molecular weight excluding hydrogens is 414 g/mol. The van der Waals surface area contributed by atoms with Crippen molar-refractivity contribution in [2.75, 3.05) is 25.0 Å². The number of aromatic nitrogens is 5. The number of nitrogens with zero attached hydrogens (tertiary/aromatic N) is 4. The molecule has 2 aromatic heterocycles. The third kappa shape index (κ3) is 4.98. The molecule has 1 fully saturated rings. The maximum atomic E-state index is 8.12. The second-order valence-electron chi connectivity index (χ2n) is 8.56. The molecule has 9 heteroatoms. The number of hydrogen-bond donors (Lipinski definition) is 5. The van der Waals surface area contributed by atoms with Crippen LogP contribution in [0, 0.1) is 18.3 Å². The van der Waals surface area contributed by atoms with Crippen LogP contribution in [0.2, 0.25) is 0 Å². The second kappa shape index (κ2) is 9.99. The predicted octanol–water partition coefficient (Wildman–Crippen LogP) is 3.39. The first-order valence-electron chi connectivity index (χ1n) is 11.6. The van der Waals surface area contributed by atoms with Crippen LogP contribution >= 0.6 is 0 Å². The van der Waals surface area contributed by atoms with Gasteiger partial charge in [-0.3, -0.25) is 9.78 Å². The highest BCUT2D eigenvalue weighted by molar-refractivity contribution is 5.96. The van der Waals surface area contributed by atoms with Crippen molar-refractivity contribution >= 4 is 17.6 Å². The first-order valence-corrected chi connectivity index (χ1v) is 11.6. The van der Waals surface area contributed by atoms with E-state index in [2.05, 4.69) is 32.5 Å². The van der Waals surface area contributed by atoms with Crippen molar-refractivity contribution in [3.8, 4) is 22.9 Å². The molecule has 0 spiro atoms. The zero-order valence-electron chi connectivity index (χ0n) is 19.4. The van der Waals surface area contributed by atoms with Gasteiger partial charge >= 0.3 is 0 Å². The number of H-pyrrole nitrogens is 1. The molecule has 174 valence electrons. The zero-order chi connectivity index (χ0) is 23.4. The minimum absolute atomic E-state index is 0.463. The number of rotatable bonds is 9. The third-order valence-electron chi connectivity index (χ3n) is 6.19. The summed E-state index contributed by atoms with van der Waals surface area (Å²) in [6.07, 6.45) is 4.85. The minimum atomic E-state index is 0.463. The molecule has 9 nitrogen and oxygen atoms in total. The Labute approximate surface area is 194 Å². The van der Waals surface area contributed by atoms with Crippen molar-refractivity contribution in [3.63, 3.8) is 0 Å². The van der Waals surface area contributed by atoms with Crippen molar-refractivity contribution in [1.29, 1.82) is 5.41 Å². The molecule has 1 saturated heterocycles. The molecule has 0 bridgehead atoms. The lowest BCUT2D eigenvalue weighted by molar-refractivity contribution is 0.361. The average Bonchev–Trinajstić information content (AvgIpc) is 3.45. The molecule has 0 aliphatic carbocycles. The number of nitrogens with one attached hydrogen (secondary N) is 4. The molecule has 1 aromatic carbocycles. The lowest BCUT2D eigenvalue weighted by Gasteiger charge is -2.23. The van der Waals surface area contributed by atoms with E-state index in [1.54, 1.807) is 0 Å². The van der Waals surface area contributed by atoms with Crippen molar-refractivity contribution < 1.29 is 0 Å². The van der Waals surface area contributed by atoms with E-state index in [0.29, 0.717) is 17.3 Å². The summed E-state index contributed by atoms with van der Waals surface area (Å²) in [5.74, 6) is 1.87. The smallest absolute Gasteiger partial charge is 0.182 e. The molecule has 6 N–H and O–H groups in total. The first-order chi connectivity index (χ1) is 16.0. The van der Waals surface area contributed by atoms with Gasteiger partial charge in [0.25, 0.3) is 0 Å². The van der Waals surface area contributed by atoms with Gasteiger partial charge in [0.05, 0.1) is 5.69 Å². The molecule has 1 aliphatic rings. The van der Waals surface area contributed by atoms with Crippen LogP contribution in [0.5, 0.6) is 0 Å². The average molecular weight is 448 g/mol. The molecule has 3 heterocycles. The molecule has 0 radical (unpaired) electrons. The Morgan fingerprint density at radius 1 is 1.33 bits per heavy atom. The highest BCUT2D eigenvalue weighted by Crippen LogP contribution is 2.31. The van der Waals surface area contributed by atoms with Gasteiger partial charge in [0.1, 0.15) is 5.69 Å². The van der Waals surface area contributed by atoms with Gasteiger partial charge < -0.3 is 21.8 Å². The Hall–Kier alpha value is -3.46. The van der Waals surface area contributed by atoms with Gasteiger partial charge in [-0.05, 0) is 75.9 Å². The highest BCUT2D eigenvalue weighted by atomic mass is 15.3. The molecular formula is C24H33N9. The predicted molar refractivity (Wildman–Crippen MR) is 133 cm³/mol. The highest BCUT2D eigenvalue weighted by Gasteiger charge is 2.19. The molecule has 0 amide bonds. The van der Waals surface area contributed by atoms with Crippen LogP contribution in [-0.2, 0) is 6.54 Å². The van der Waals surface area contributed by atoms with Crippen molar-refractivity contribution in [1.82, 2.24) is 30.3 Å². The normalized spacial score (nSPS) is 14.4. The summed E-state index contributed by atoms with van der Waals surface area (Å²) in [5.41, 5.74) is 11.4. The fourth-order valence-electron chi connectivity index (χ4n) is 4.38. The molecule has 33 heavy (non-hydrogen) atoms. The van der Waals surface area contributed by atoms with E-state index >= 15 is 0 Å². The first kappa shape index (κ1) is 22.7. The largest absolute Gasteiger partial charge is 0.399 e. The molecule has 0 saturated carbocycles. The summed E-state index contributed by atoms with van der Waals surface area (Å²) < 4.78 is 1.89. The Bertz CT molecular complexity index is 1140. The topological polar surface area (TPSA) is 133 Å². The summed E-state index contributed by atoms with van der Waals surface area (Å²) >= 11 is 0. The van der Waals surface area contributed by atoms with Gasteiger partial charge in [0.2, 0.25) is 0 Å². The van der Waals surface area contributed by atoms with Crippen molar-refractivity contribution in [2.45, 2.75) is 39.7 Å². The fourth-order valence-corrected chi connectivity index (χ4v) is 4.38. The van der Waals surface area contributed by atoms with E-state index in [1.165, 1.54) is 19.1 Å². The second-order valence-corrected chi connectivity index (χ2v) is 8.56. The lowest BCUT2D eigenvalue weighted by atomic mass is 9.94. The number of hydrogen-bond acceptors (Lipinski definition) is 7. The van der Waals surface area contributed by atoms with Gasteiger partial charge in [0.15, 0.2) is 11.6 Å². The summed E-state index contributed by atoms with van der Waals surface area (Å²) in [5, 5.41) is 27.1. The van der Waals surface area contributed by atoms with Gasteiger partial charge in [-0.1, -0.05) is 6.58 Å². The molecule has 1 aliphatic heterocycles. The number of aromatic amines is 1. The van der Waals surface area contributed by atoms with Crippen LogP contribution in [0.4, 0.5) is 5.69 Å². The van der Waals surface area contributed by atoms with E-state index < -0.39 is 0 Å². The van der Waals surface area contributed by atoms with Crippen LogP contribution in [0.1, 0.15) is 43.0 Å². The molecule has 4 rings (SSSR count). The Morgan fingerprint density at radius 2 is 2.12 bits per heavy atom. The third-order valence-corrected chi connectivity index (χ3v) is 6.19. The Balaban J connectivity index is 1.65. The van der Waals surface area contributed by atoms with Gasteiger partial charge in [-0.2, -0.15) is 10.2 Å². The van der Waals surface area contributed by atoms with E-state index in [9.17, 15) is 0 Å². The minimum Gasteiger partial charge on any atom is -0.399 e. The standard InChI is InChI=1S/C24H33N9/c1-4-33-22(11-15(2)32-33)24-29-23(30-31-24)19-12-18(16(3)26)13-21(20(19)14-25)28-10-7-17-5-8-27-9-6-17/h11-14,17,25,27-28H,3-10,26H2,1-2H3,(H,29,30,31). The van der Waals surface area contributed by atoms with Gasteiger partial charge in [-0.15, -0.1) is 0 Å². The van der Waals surface area contributed by atoms with E-state index in [4.69, 9.17) is 16.1 Å². The number of aryl methyl sites for hydroxylation is 2. The van der Waals surface area contributed by atoms with Crippen molar-refractivity contribution in [3.05, 3.63) is 41.6 Å². The quantitative estimate of drug-likeness (QED) is 0.319. The monoisotopic (exact) mass is 447 g/mol. The van der Waals surface area contributed by atoms with Crippen LogP contribution in [0.25, 0.3) is 28.6 Å². The summed E-state index contributed by atoms with van der Waals surface area (Å²) in [4.78, 5) is 4.74. The zero-order valence-corrected chi connectivity index (χ0v) is 19.4. The molecule has 0 atom stereocenters. The summed E-state index contributed by atoms with van der Waals surface area (Å²) in [6.45, 7) is 11.7. The lowest BCUT2D eigenvalue weighted by Crippen LogP contribution is -2.28. The van der Waals surface area contributed by atoms with E-state index in [-0.39, 0.29) is 0 Å². The number of anilines is 1. The van der Waals surface area contributed by atoms with Crippen LogP contribution in [0.3, 0.4) is 0 Å². The van der Waals surface area contributed by atoms with Crippen molar-refractivity contribution in [2.24, 2.45) is 11.7 Å². The Kier molecular flexibility index (Phi) is 6.88. The maximum Gasteiger partial charge on any atom is 0.182 e. The number of benzene rings is 1. The van der Waals surface area contributed by atoms with Gasteiger partial charge in [-0.25, -0.2) is 4.98 Å². The van der Waals surface area contributed by atoms with Crippen LogP contribution < -0.4 is 16.4 Å². The number of piperidine rings is 1. The maximum absolute atomic E-state index is 8.12. The fraction of sp³-hybridized carbons (Fsp3) is 0.417.